The van der Waals surface area contributed by atoms with Crippen LogP contribution < -0.4 is 0 Å². The van der Waals surface area contributed by atoms with Gasteiger partial charge in [-0.1, -0.05) is 6.42 Å². The summed E-state index contributed by atoms with van der Waals surface area (Å²) in [6.45, 7) is 1.42. The normalized spacial score (nSPS) is 20.3. The molecule has 78 valence electrons. The van der Waals surface area contributed by atoms with Gasteiger partial charge < -0.3 is 9.29 Å². The first-order valence-corrected chi connectivity index (χ1v) is 6.10. The summed E-state index contributed by atoms with van der Waals surface area (Å²) in [4.78, 5) is 0. The molecular weight excluding hydrogens is 186 g/mol. The molecule has 0 heterocycles. The van der Waals surface area contributed by atoms with Gasteiger partial charge in [0, 0.05) is 31.4 Å². The van der Waals surface area contributed by atoms with Crippen molar-refractivity contribution >= 4 is 11.4 Å². The molecule has 13 heavy (non-hydrogen) atoms. The van der Waals surface area contributed by atoms with Gasteiger partial charge in [0.2, 0.25) is 0 Å². The van der Waals surface area contributed by atoms with E-state index < -0.39 is 11.4 Å². The van der Waals surface area contributed by atoms with Gasteiger partial charge in [-0.05, 0) is 12.8 Å². The summed E-state index contributed by atoms with van der Waals surface area (Å²) in [7, 11) is 3.57. The zero-order chi connectivity index (χ0) is 9.68. The van der Waals surface area contributed by atoms with Gasteiger partial charge >= 0.3 is 0 Å². The highest BCUT2D eigenvalue weighted by Crippen LogP contribution is 2.28. The second-order valence-electron chi connectivity index (χ2n) is 3.63. The van der Waals surface area contributed by atoms with Crippen molar-refractivity contribution in [1.29, 1.82) is 0 Å². The number of methoxy groups -OCH3 is 1. The van der Waals surface area contributed by atoms with E-state index in [1.54, 1.807) is 7.11 Å². The topological polar surface area (TPSA) is 35.5 Å². The third kappa shape index (κ3) is 3.85. The van der Waals surface area contributed by atoms with Gasteiger partial charge in [0.05, 0.1) is 13.2 Å². The first-order valence-electron chi connectivity index (χ1n) is 4.82. The molecule has 0 aliphatic heterocycles. The highest BCUT2D eigenvalue weighted by molar-refractivity contribution is 7.89. The Labute approximate surface area is 83.8 Å². The van der Waals surface area contributed by atoms with Crippen molar-refractivity contribution in [1.82, 2.24) is 4.31 Å². The van der Waals surface area contributed by atoms with E-state index in [0.717, 1.165) is 12.3 Å². The van der Waals surface area contributed by atoms with E-state index in [-0.39, 0.29) is 0 Å². The number of likely N-dealkylation sites (N-methyl/N-ethyl adjacent to an activating group) is 1. The van der Waals surface area contributed by atoms with Crippen LogP contribution in [0.4, 0.5) is 0 Å². The summed E-state index contributed by atoms with van der Waals surface area (Å²) in [6.07, 6.45) is 3.86. The van der Waals surface area contributed by atoms with Crippen LogP contribution in [0.1, 0.15) is 19.3 Å². The third-order valence-electron chi connectivity index (χ3n) is 2.56. The minimum atomic E-state index is -0.792. The molecule has 1 aliphatic carbocycles. The molecule has 0 amide bonds. The molecule has 0 aromatic carbocycles. The van der Waals surface area contributed by atoms with Crippen molar-refractivity contribution in [2.24, 2.45) is 5.92 Å². The fraction of sp³-hybridized carbons (Fsp3) is 1.00. The maximum atomic E-state index is 11.6. The first-order chi connectivity index (χ1) is 6.24. The van der Waals surface area contributed by atoms with Gasteiger partial charge in [0.25, 0.3) is 0 Å². The highest BCUT2D eigenvalue weighted by Gasteiger charge is 2.25. The fourth-order valence-electron chi connectivity index (χ4n) is 1.31. The Hall–Kier alpha value is 0.230. The summed E-state index contributed by atoms with van der Waals surface area (Å²) in [6, 6.07) is 0. The maximum absolute atomic E-state index is 11.6. The SMILES string of the molecule is COCCN(C)[S+]([O-])CC1CCC1. The molecule has 4 heteroatoms. The lowest BCUT2D eigenvalue weighted by molar-refractivity contribution is 0.184. The predicted molar refractivity (Wildman–Crippen MR) is 54.9 cm³/mol. The summed E-state index contributed by atoms with van der Waals surface area (Å²) < 4.78 is 18.4. The molecule has 0 radical (unpaired) electrons. The van der Waals surface area contributed by atoms with E-state index in [2.05, 4.69) is 0 Å². The summed E-state index contributed by atoms with van der Waals surface area (Å²) in [5.74, 6) is 1.56. The number of ether oxygens (including phenoxy) is 1. The van der Waals surface area contributed by atoms with Gasteiger partial charge in [0.15, 0.2) is 0 Å². The quantitative estimate of drug-likeness (QED) is 0.608. The molecule has 1 atom stereocenters. The minimum absolute atomic E-state index is 0.660. The van der Waals surface area contributed by atoms with Gasteiger partial charge in [-0.2, -0.15) is 0 Å². The lowest BCUT2D eigenvalue weighted by Crippen LogP contribution is -2.35. The second-order valence-corrected chi connectivity index (χ2v) is 5.23. The first kappa shape index (κ1) is 11.3. The Morgan fingerprint density at radius 1 is 1.54 bits per heavy atom. The number of hydrogen-bond donors (Lipinski definition) is 0. The van der Waals surface area contributed by atoms with Crippen molar-refractivity contribution in [3.63, 3.8) is 0 Å². The van der Waals surface area contributed by atoms with Crippen LogP contribution >= 0.6 is 0 Å². The van der Waals surface area contributed by atoms with Crippen LogP contribution in [-0.4, -0.2) is 41.9 Å². The van der Waals surface area contributed by atoms with Crippen LogP contribution in [0.25, 0.3) is 0 Å². The van der Waals surface area contributed by atoms with Crippen LogP contribution in [0.15, 0.2) is 0 Å². The second kappa shape index (κ2) is 5.86. The molecule has 1 saturated carbocycles. The van der Waals surface area contributed by atoms with E-state index in [9.17, 15) is 4.55 Å². The summed E-state index contributed by atoms with van der Waals surface area (Å²) >= 11 is -0.792. The maximum Gasteiger partial charge on any atom is 0.128 e. The number of rotatable bonds is 6. The van der Waals surface area contributed by atoms with Crippen molar-refractivity contribution in [2.75, 3.05) is 33.1 Å². The van der Waals surface area contributed by atoms with Gasteiger partial charge in [-0.3, -0.25) is 0 Å². The van der Waals surface area contributed by atoms with Crippen LogP contribution in [0.3, 0.4) is 0 Å². The molecule has 0 N–H and O–H groups in total. The van der Waals surface area contributed by atoms with Crippen molar-refractivity contribution in [3.8, 4) is 0 Å². The van der Waals surface area contributed by atoms with Crippen LogP contribution in [-0.2, 0) is 16.1 Å². The number of hydrogen-bond acceptors (Lipinski definition) is 3. The molecular formula is C9H19NO2S. The summed E-state index contributed by atoms with van der Waals surface area (Å²) in [5.41, 5.74) is 0. The van der Waals surface area contributed by atoms with Crippen molar-refractivity contribution in [3.05, 3.63) is 0 Å². The van der Waals surface area contributed by atoms with Crippen LogP contribution in [0.2, 0.25) is 0 Å². The van der Waals surface area contributed by atoms with E-state index in [1.165, 1.54) is 19.3 Å². The average molecular weight is 205 g/mol. The van der Waals surface area contributed by atoms with E-state index >= 15 is 0 Å². The molecule has 0 aromatic rings. The Morgan fingerprint density at radius 3 is 2.69 bits per heavy atom. The standard InChI is InChI=1S/C9H19NO2S/c1-10(6-7-12-2)13(11)8-9-4-3-5-9/h9H,3-8H2,1-2H3. The Balaban J connectivity index is 2.09. The van der Waals surface area contributed by atoms with E-state index in [4.69, 9.17) is 4.74 Å². The van der Waals surface area contributed by atoms with Gasteiger partial charge in [-0.25, -0.2) is 0 Å². The molecule has 1 fully saturated rings. The molecule has 1 aliphatic rings. The Kier molecular flexibility index (Phi) is 5.09. The van der Waals surface area contributed by atoms with Crippen LogP contribution in [0.5, 0.6) is 0 Å². The molecule has 3 nitrogen and oxygen atoms in total. The molecule has 1 rings (SSSR count). The van der Waals surface area contributed by atoms with E-state index in [0.29, 0.717) is 12.5 Å². The van der Waals surface area contributed by atoms with Gasteiger partial charge in [-0.15, -0.1) is 4.31 Å². The summed E-state index contributed by atoms with van der Waals surface area (Å²) in [5, 5.41) is 0. The Morgan fingerprint density at radius 2 is 2.23 bits per heavy atom. The highest BCUT2D eigenvalue weighted by atomic mass is 32.2. The molecule has 0 bridgehead atoms. The largest absolute Gasteiger partial charge is 0.598 e. The number of nitrogens with zero attached hydrogens (tertiary/aromatic N) is 1. The molecule has 0 spiro atoms. The lowest BCUT2D eigenvalue weighted by atomic mass is 9.87. The Bertz CT molecular complexity index is 142. The molecule has 0 aromatic heterocycles. The van der Waals surface area contributed by atoms with Crippen molar-refractivity contribution in [2.45, 2.75) is 19.3 Å². The van der Waals surface area contributed by atoms with Crippen LogP contribution in [0, 0.1) is 5.92 Å². The monoisotopic (exact) mass is 205 g/mol. The lowest BCUT2D eigenvalue weighted by Gasteiger charge is -2.28. The molecule has 1 unspecified atom stereocenters. The zero-order valence-electron chi connectivity index (χ0n) is 8.49. The fourth-order valence-corrected chi connectivity index (χ4v) is 2.58. The molecule has 0 saturated heterocycles. The minimum Gasteiger partial charge on any atom is -0.598 e. The smallest absolute Gasteiger partial charge is 0.128 e. The van der Waals surface area contributed by atoms with Gasteiger partial charge in [0.1, 0.15) is 5.75 Å². The average Bonchev–Trinajstić information content (AvgIpc) is 2.06. The third-order valence-corrected chi connectivity index (χ3v) is 4.20. The zero-order valence-corrected chi connectivity index (χ0v) is 9.31. The van der Waals surface area contributed by atoms with E-state index in [1.807, 2.05) is 11.4 Å². The predicted octanol–water partition coefficient (Wildman–Crippen LogP) is 1.03. The van der Waals surface area contributed by atoms with Crippen molar-refractivity contribution < 1.29 is 9.29 Å².